The predicted molar refractivity (Wildman–Crippen MR) is 110 cm³/mol. The van der Waals surface area contributed by atoms with Crippen molar-refractivity contribution in [2.45, 2.75) is 13.0 Å². The summed E-state index contributed by atoms with van der Waals surface area (Å²) in [5.74, 6) is 0.179. The Hall–Kier alpha value is -3.04. The number of rotatable bonds is 8. The van der Waals surface area contributed by atoms with E-state index in [9.17, 15) is 4.79 Å². The lowest BCUT2D eigenvalue weighted by molar-refractivity contribution is 0.0729. The fourth-order valence-electron chi connectivity index (χ4n) is 2.20. The van der Waals surface area contributed by atoms with Gasteiger partial charge in [0.25, 0.3) is 0 Å². The summed E-state index contributed by atoms with van der Waals surface area (Å²) < 4.78 is 15.7. The first-order valence-corrected chi connectivity index (χ1v) is 8.83. The predicted octanol–water partition coefficient (Wildman–Crippen LogP) is 2.14. The minimum Gasteiger partial charge on any atom is -0.493 e. The van der Waals surface area contributed by atoms with Crippen molar-refractivity contribution in [3.05, 3.63) is 53.9 Å². The topological polar surface area (TPSA) is 94.1 Å². The van der Waals surface area contributed by atoms with Crippen LogP contribution >= 0.6 is 12.2 Å². The van der Waals surface area contributed by atoms with Crippen LogP contribution in [0.5, 0.6) is 11.5 Å². The highest BCUT2D eigenvalue weighted by molar-refractivity contribution is 7.80. The van der Waals surface area contributed by atoms with Crippen molar-refractivity contribution in [2.24, 2.45) is 5.10 Å². The van der Waals surface area contributed by atoms with Gasteiger partial charge in [0.2, 0.25) is 0 Å². The van der Waals surface area contributed by atoms with Crippen LogP contribution in [0.4, 0.5) is 0 Å². The highest BCUT2D eigenvalue weighted by Crippen LogP contribution is 2.28. The zero-order valence-corrected chi connectivity index (χ0v) is 16.7. The molecular weight excluding hydrogens is 380 g/mol. The van der Waals surface area contributed by atoms with Gasteiger partial charge in [-0.3, -0.25) is 10.4 Å². The zero-order valence-electron chi connectivity index (χ0n) is 15.8. The molecule has 2 aromatic rings. The van der Waals surface area contributed by atoms with E-state index in [1.54, 1.807) is 49.9 Å². The molecule has 1 atom stereocenters. The van der Waals surface area contributed by atoms with Gasteiger partial charge in [0.1, 0.15) is 0 Å². The van der Waals surface area contributed by atoms with Crippen LogP contribution in [0.3, 0.4) is 0 Å². The van der Waals surface area contributed by atoms with E-state index in [-0.39, 0.29) is 6.04 Å². The van der Waals surface area contributed by atoms with Crippen molar-refractivity contribution in [2.75, 3.05) is 20.8 Å². The van der Waals surface area contributed by atoms with E-state index in [0.717, 1.165) is 5.56 Å². The number of nitrogens with one attached hydrogen (secondary N) is 2. The van der Waals surface area contributed by atoms with Crippen LogP contribution in [0.2, 0.25) is 0 Å². The van der Waals surface area contributed by atoms with Gasteiger partial charge in [0.15, 0.2) is 16.6 Å². The van der Waals surface area contributed by atoms with E-state index in [0.29, 0.717) is 28.8 Å². The largest absolute Gasteiger partial charge is 0.493 e. The second-order valence-electron chi connectivity index (χ2n) is 5.74. The summed E-state index contributed by atoms with van der Waals surface area (Å²) in [5, 5.41) is 7.49. The molecule has 1 aromatic carbocycles. The fourth-order valence-corrected chi connectivity index (χ4v) is 2.46. The first kappa shape index (κ1) is 21.3. The number of ether oxygens (including phenoxy) is 3. The number of hydrogen-bond acceptors (Lipinski definition) is 7. The molecule has 0 fully saturated rings. The van der Waals surface area contributed by atoms with Gasteiger partial charge in [0.05, 0.1) is 25.5 Å². The lowest BCUT2D eigenvalue weighted by Crippen LogP contribution is -2.40. The van der Waals surface area contributed by atoms with Crippen LogP contribution in [0.15, 0.2) is 47.8 Å². The number of carbonyl (C=O) groups excluding carboxylic acids is 1. The molecule has 28 heavy (non-hydrogen) atoms. The minimum atomic E-state index is -0.518. The summed E-state index contributed by atoms with van der Waals surface area (Å²) in [6.07, 6.45) is 4.59. The lowest BCUT2D eigenvalue weighted by atomic mass is 10.2. The Balaban J connectivity index is 1.98. The number of thiocarbonyl (C=S) groups is 1. The maximum atomic E-state index is 12.2. The molecule has 0 radical (unpaired) electrons. The number of hydrazone groups is 1. The smallest absolute Gasteiger partial charge is 0.345 e. The van der Waals surface area contributed by atoms with Gasteiger partial charge in [0, 0.05) is 25.5 Å². The second kappa shape index (κ2) is 11.0. The van der Waals surface area contributed by atoms with E-state index in [2.05, 4.69) is 20.8 Å². The van der Waals surface area contributed by atoms with Crippen molar-refractivity contribution < 1.29 is 19.0 Å². The average Bonchev–Trinajstić information content (AvgIpc) is 2.69. The van der Waals surface area contributed by atoms with Crippen molar-refractivity contribution >= 4 is 29.5 Å². The molecule has 2 N–H and O–H groups in total. The van der Waals surface area contributed by atoms with Crippen LogP contribution in [-0.2, 0) is 4.74 Å². The summed E-state index contributed by atoms with van der Waals surface area (Å²) in [6.45, 7) is 2.47. The molecule has 2 rings (SSSR count). The summed E-state index contributed by atoms with van der Waals surface area (Å²) in [6, 6.07) is 8.42. The van der Waals surface area contributed by atoms with Gasteiger partial charge in [-0.1, -0.05) is 0 Å². The monoisotopic (exact) mass is 402 g/mol. The van der Waals surface area contributed by atoms with E-state index >= 15 is 0 Å². The van der Waals surface area contributed by atoms with Gasteiger partial charge in [-0.25, -0.2) is 4.79 Å². The SMILES string of the molecule is COC[C@H](C)NC(=S)N/N=C\c1ccc(OC(=O)c2cccnc2)c(OC)c1. The Morgan fingerprint density at radius 2 is 2.14 bits per heavy atom. The third-order valence-corrected chi connectivity index (χ3v) is 3.67. The molecular formula is C19H22N4O4S. The van der Waals surface area contributed by atoms with Crippen molar-refractivity contribution in [1.82, 2.24) is 15.7 Å². The van der Waals surface area contributed by atoms with Gasteiger partial charge in [-0.2, -0.15) is 5.10 Å². The number of benzene rings is 1. The van der Waals surface area contributed by atoms with E-state index in [1.807, 2.05) is 6.92 Å². The molecule has 0 aliphatic carbocycles. The third kappa shape index (κ3) is 6.60. The van der Waals surface area contributed by atoms with Gasteiger partial charge >= 0.3 is 5.97 Å². The van der Waals surface area contributed by atoms with E-state index in [4.69, 9.17) is 26.4 Å². The molecule has 148 valence electrons. The highest BCUT2D eigenvalue weighted by Gasteiger charge is 2.12. The number of methoxy groups -OCH3 is 2. The molecule has 1 heterocycles. The highest BCUT2D eigenvalue weighted by atomic mass is 32.1. The van der Waals surface area contributed by atoms with Gasteiger partial charge < -0.3 is 19.5 Å². The quantitative estimate of drug-likeness (QED) is 0.228. The number of pyridine rings is 1. The molecule has 0 saturated carbocycles. The van der Waals surface area contributed by atoms with Crippen LogP contribution in [0.1, 0.15) is 22.8 Å². The molecule has 0 amide bonds. The first-order chi connectivity index (χ1) is 13.5. The van der Waals surface area contributed by atoms with Crippen molar-refractivity contribution in [3.8, 4) is 11.5 Å². The Morgan fingerprint density at radius 3 is 2.82 bits per heavy atom. The van der Waals surface area contributed by atoms with Gasteiger partial charge in [-0.05, 0) is 55.0 Å². The number of nitrogens with zero attached hydrogens (tertiary/aromatic N) is 2. The van der Waals surface area contributed by atoms with Crippen LogP contribution in [0, 0.1) is 0 Å². The maximum absolute atomic E-state index is 12.2. The van der Waals surface area contributed by atoms with E-state index in [1.165, 1.54) is 13.3 Å². The minimum absolute atomic E-state index is 0.0640. The number of hydrogen-bond donors (Lipinski definition) is 2. The average molecular weight is 402 g/mol. The summed E-state index contributed by atoms with van der Waals surface area (Å²) in [5.41, 5.74) is 3.81. The lowest BCUT2D eigenvalue weighted by Gasteiger charge is -2.13. The number of carbonyl (C=O) groups is 1. The van der Waals surface area contributed by atoms with Crippen LogP contribution < -0.4 is 20.2 Å². The summed E-state index contributed by atoms with van der Waals surface area (Å²) >= 11 is 5.14. The molecule has 0 aliphatic heterocycles. The zero-order chi connectivity index (χ0) is 20.4. The van der Waals surface area contributed by atoms with E-state index < -0.39 is 5.97 Å². The molecule has 1 aromatic heterocycles. The molecule has 0 aliphatic rings. The Labute approximate surface area is 168 Å². The summed E-state index contributed by atoms with van der Waals surface area (Å²) in [4.78, 5) is 16.1. The molecule has 0 bridgehead atoms. The van der Waals surface area contributed by atoms with Crippen molar-refractivity contribution in [3.63, 3.8) is 0 Å². The Morgan fingerprint density at radius 1 is 1.32 bits per heavy atom. The normalized spacial score (nSPS) is 11.7. The molecule has 8 nitrogen and oxygen atoms in total. The first-order valence-electron chi connectivity index (χ1n) is 8.42. The van der Waals surface area contributed by atoms with Crippen molar-refractivity contribution in [1.29, 1.82) is 0 Å². The number of esters is 1. The third-order valence-electron chi connectivity index (χ3n) is 3.46. The maximum Gasteiger partial charge on any atom is 0.345 e. The Kier molecular flexibility index (Phi) is 8.32. The second-order valence-corrected chi connectivity index (χ2v) is 6.15. The molecule has 9 heteroatoms. The molecule has 0 spiro atoms. The summed E-state index contributed by atoms with van der Waals surface area (Å²) in [7, 11) is 3.12. The van der Waals surface area contributed by atoms with Crippen LogP contribution in [-0.4, -0.2) is 49.1 Å². The van der Waals surface area contributed by atoms with Gasteiger partial charge in [-0.15, -0.1) is 0 Å². The Bertz CT molecular complexity index is 830. The van der Waals surface area contributed by atoms with Crippen LogP contribution in [0.25, 0.3) is 0 Å². The molecule has 0 unspecified atom stereocenters. The fraction of sp³-hybridized carbons (Fsp3) is 0.263. The standard InChI is InChI=1S/C19H22N4O4S/c1-13(12-25-2)22-19(28)23-21-10-14-6-7-16(17(9-14)26-3)27-18(24)15-5-4-8-20-11-15/h4-11,13H,12H2,1-3H3,(H2,22,23,28)/b21-10-/t13-/m0/s1. The molecule has 0 saturated heterocycles. The number of aromatic nitrogens is 1.